The van der Waals surface area contributed by atoms with E-state index >= 15 is 0 Å². The lowest BCUT2D eigenvalue weighted by Gasteiger charge is -2.25. The van der Waals surface area contributed by atoms with Gasteiger partial charge >= 0.3 is 5.97 Å². The number of rotatable bonds is 8. The topological polar surface area (TPSA) is 117 Å². The molecule has 9 heteroatoms. The number of esters is 1. The highest BCUT2D eigenvalue weighted by molar-refractivity contribution is 8.00. The van der Waals surface area contributed by atoms with Gasteiger partial charge in [-0.05, 0) is 66.6 Å². The van der Waals surface area contributed by atoms with Gasteiger partial charge in [-0.1, -0.05) is 72.4 Å². The molecule has 4 aromatic rings. The Bertz CT molecular complexity index is 1790. The van der Waals surface area contributed by atoms with Crippen LogP contribution in [0, 0.1) is 11.3 Å². The van der Waals surface area contributed by atoms with Crippen LogP contribution in [0.3, 0.4) is 0 Å². The second-order valence-electron chi connectivity index (χ2n) is 10.7. The number of thioether (sulfide) groups is 1. The van der Waals surface area contributed by atoms with Crippen LogP contribution in [0.4, 0.5) is 5.69 Å². The third kappa shape index (κ3) is 6.03. The number of aromatic nitrogens is 1. The fourth-order valence-electron chi connectivity index (χ4n) is 5.60. The Morgan fingerprint density at radius 3 is 2.34 bits per heavy atom. The van der Waals surface area contributed by atoms with Crippen molar-refractivity contribution in [2.24, 2.45) is 0 Å². The van der Waals surface area contributed by atoms with E-state index in [2.05, 4.69) is 18.2 Å². The van der Waals surface area contributed by atoms with Gasteiger partial charge in [-0.2, -0.15) is 5.26 Å². The normalized spacial score (nSPS) is 17.6. The standard InChI is InChI=1S/C35H27N3O5S/c36-20-27-18-26-17-25(22-7-3-1-4-8-22)13-16-29(26)37-33(27)44-31-19-32(40)38(34(31)41)28-14-11-24(12-15-28)35(42)43-21-30(39)23-9-5-2-6-10-23/h1-12,14-15,18,25,31H,13,16-17,19,21H2. The van der Waals surface area contributed by atoms with Crippen LogP contribution in [0.5, 0.6) is 0 Å². The van der Waals surface area contributed by atoms with Crippen LogP contribution in [0.15, 0.2) is 96.0 Å². The summed E-state index contributed by atoms with van der Waals surface area (Å²) in [6.07, 6.45) is 2.48. The molecule has 218 valence electrons. The van der Waals surface area contributed by atoms with Crippen molar-refractivity contribution in [2.75, 3.05) is 11.5 Å². The lowest BCUT2D eigenvalue weighted by molar-refractivity contribution is -0.121. The maximum atomic E-state index is 13.4. The van der Waals surface area contributed by atoms with Crippen molar-refractivity contribution in [3.63, 3.8) is 0 Å². The van der Waals surface area contributed by atoms with E-state index in [0.717, 1.165) is 47.2 Å². The van der Waals surface area contributed by atoms with Crippen molar-refractivity contribution in [3.05, 3.63) is 125 Å². The average Bonchev–Trinajstić information content (AvgIpc) is 3.35. The summed E-state index contributed by atoms with van der Waals surface area (Å²) >= 11 is 1.15. The Kier molecular flexibility index (Phi) is 8.35. The number of Topliss-reactive ketones (excluding diaryl/α,β-unsaturated/α-hetero) is 1. The van der Waals surface area contributed by atoms with Crippen LogP contribution in [0.1, 0.15) is 61.9 Å². The quantitative estimate of drug-likeness (QED) is 0.144. The maximum absolute atomic E-state index is 13.4. The number of aryl methyl sites for hydroxylation is 1. The third-order valence-electron chi connectivity index (χ3n) is 7.89. The SMILES string of the molecule is N#Cc1cc2c(nc1SC1CC(=O)N(c3ccc(C(=O)OCC(=O)c4ccccc4)cc3)C1=O)CCC(c1ccccc1)C2. The van der Waals surface area contributed by atoms with Crippen molar-refractivity contribution in [1.82, 2.24) is 4.98 Å². The molecule has 2 amide bonds. The molecule has 6 rings (SSSR count). The first kappa shape index (κ1) is 29.0. The molecule has 8 nitrogen and oxygen atoms in total. The second-order valence-corrected chi connectivity index (χ2v) is 11.9. The van der Waals surface area contributed by atoms with Gasteiger partial charge in [-0.15, -0.1) is 0 Å². The van der Waals surface area contributed by atoms with Crippen LogP contribution in [-0.4, -0.2) is 40.4 Å². The van der Waals surface area contributed by atoms with Crippen molar-refractivity contribution in [3.8, 4) is 6.07 Å². The van der Waals surface area contributed by atoms with E-state index in [1.807, 2.05) is 24.3 Å². The smallest absolute Gasteiger partial charge is 0.338 e. The number of ether oxygens (including phenoxy) is 1. The van der Waals surface area contributed by atoms with Crippen LogP contribution >= 0.6 is 11.8 Å². The van der Waals surface area contributed by atoms with E-state index in [1.54, 1.807) is 30.3 Å². The highest BCUT2D eigenvalue weighted by atomic mass is 32.2. The molecule has 2 heterocycles. The number of anilines is 1. The van der Waals surface area contributed by atoms with Gasteiger partial charge in [0.1, 0.15) is 11.1 Å². The highest BCUT2D eigenvalue weighted by Crippen LogP contribution is 2.38. The molecule has 2 atom stereocenters. The highest BCUT2D eigenvalue weighted by Gasteiger charge is 2.41. The number of nitrogens with zero attached hydrogens (tertiary/aromatic N) is 3. The number of imide groups is 1. The summed E-state index contributed by atoms with van der Waals surface area (Å²) in [5.41, 5.74) is 4.60. The summed E-state index contributed by atoms with van der Waals surface area (Å²) < 4.78 is 5.15. The predicted molar refractivity (Wildman–Crippen MR) is 164 cm³/mol. The molecule has 3 aromatic carbocycles. The molecule has 2 unspecified atom stereocenters. The predicted octanol–water partition coefficient (Wildman–Crippen LogP) is 5.69. The summed E-state index contributed by atoms with van der Waals surface area (Å²) in [5.74, 6) is -1.43. The fraction of sp³-hybridized carbons (Fsp3) is 0.200. The van der Waals surface area contributed by atoms with Crippen molar-refractivity contribution in [1.29, 1.82) is 5.26 Å². The number of amides is 2. The molecule has 0 saturated carbocycles. The van der Waals surface area contributed by atoms with E-state index in [4.69, 9.17) is 9.72 Å². The van der Waals surface area contributed by atoms with Gasteiger partial charge in [-0.3, -0.25) is 14.4 Å². The monoisotopic (exact) mass is 601 g/mol. The minimum absolute atomic E-state index is 0.0331. The van der Waals surface area contributed by atoms with Crippen molar-refractivity contribution < 1.29 is 23.9 Å². The Morgan fingerprint density at radius 1 is 0.932 bits per heavy atom. The molecule has 0 spiro atoms. The zero-order valence-electron chi connectivity index (χ0n) is 23.6. The Labute approximate surface area is 258 Å². The summed E-state index contributed by atoms with van der Waals surface area (Å²) in [6, 6.07) is 28.9. The van der Waals surface area contributed by atoms with Crippen LogP contribution in [0.2, 0.25) is 0 Å². The molecule has 44 heavy (non-hydrogen) atoms. The molecule has 1 fully saturated rings. The largest absolute Gasteiger partial charge is 0.454 e. The second kappa shape index (κ2) is 12.7. The first-order valence-electron chi connectivity index (χ1n) is 14.3. The molecule has 0 N–H and O–H groups in total. The number of hydrogen-bond acceptors (Lipinski definition) is 8. The molecule has 1 aliphatic heterocycles. The molecule has 0 bridgehead atoms. The third-order valence-corrected chi connectivity index (χ3v) is 9.08. The van der Waals surface area contributed by atoms with Gasteiger partial charge < -0.3 is 4.74 Å². The lowest BCUT2D eigenvalue weighted by Crippen LogP contribution is -2.31. The number of carbonyl (C=O) groups is 4. The Balaban J connectivity index is 1.11. The van der Waals surface area contributed by atoms with Crippen molar-refractivity contribution >= 4 is 41.0 Å². The molecule has 1 saturated heterocycles. The number of ketones is 1. The maximum Gasteiger partial charge on any atom is 0.338 e. The van der Waals surface area contributed by atoms with Gasteiger partial charge in [-0.25, -0.2) is 14.7 Å². The average molecular weight is 602 g/mol. The Hall–Kier alpha value is -5.07. The molecular formula is C35H27N3O5S. The summed E-state index contributed by atoms with van der Waals surface area (Å²) in [4.78, 5) is 57.0. The van der Waals surface area contributed by atoms with Gasteiger partial charge in [0.15, 0.2) is 12.4 Å². The molecule has 2 aliphatic rings. The van der Waals surface area contributed by atoms with E-state index < -0.39 is 23.7 Å². The molecular weight excluding hydrogens is 574 g/mol. The van der Waals surface area contributed by atoms with Crippen LogP contribution in [-0.2, 0) is 27.2 Å². The van der Waals surface area contributed by atoms with E-state index in [1.165, 1.54) is 29.8 Å². The molecule has 0 radical (unpaired) electrons. The van der Waals surface area contributed by atoms with Crippen LogP contribution in [0.25, 0.3) is 0 Å². The minimum atomic E-state index is -0.727. The number of fused-ring (bicyclic) bond motifs is 1. The van der Waals surface area contributed by atoms with Gasteiger partial charge in [0.2, 0.25) is 11.8 Å². The zero-order chi connectivity index (χ0) is 30.6. The zero-order valence-corrected chi connectivity index (χ0v) is 24.5. The van der Waals surface area contributed by atoms with Gasteiger partial charge in [0.05, 0.1) is 22.1 Å². The summed E-state index contributed by atoms with van der Waals surface area (Å²) in [7, 11) is 0. The van der Waals surface area contributed by atoms with Gasteiger partial charge in [0, 0.05) is 17.7 Å². The Morgan fingerprint density at radius 2 is 1.64 bits per heavy atom. The molecule has 1 aromatic heterocycles. The lowest BCUT2D eigenvalue weighted by atomic mass is 9.82. The number of benzene rings is 3. The van der Waals surface area contributed by atoms with Crippen molar-refractivity contribution in [2.45, 2.75) is 41.9 Å². The first-order valence-corrected chi connectivity index (χ1v) is 15.2. The van der Waals surface area contributed by atoms with E-state index in [9.17, 15) is 24.4 Å². The minimum Gasteiger partial charge on any atom is -0.454 e. The van der Waals surface area contributed by atoms with E-state index in [-0.39, 0.29) is 23.7 Å². The van der Waals surface area contributed by atoms with Gasteiger partial charge in [0.25, 0.3) is 0 Å². The number of carbonyl (C=O) groups excluding carboxylic acids is 4. The summed E-state index contributed by atoms with van der Waals surface area (Å²) in [5, 5.41) is 9.63. The number of hydrogen-bond donors (Lipinski definition) is 0. The summed E-state index contributed by atoms with van der Waals surface area (Å²) in [6.45, 7) is -0.401. The van der Waals surface area contributed by atoms with Crippen LogP contribution < -0.4 is 4.90 Å². The number of pyridine rings is 1. The number of nitriles is 1. The fourth-order valence-corrected chi connectivity index (χ4v) is 6.69. The van der Waals surface area contributed by atoms with E-state index in [0.29, 0.717) is 27.8 Å². The molecule has 1 aliphatic carbocycles. The first-order chi connectivity index (χ1) is 21.4.